The molecule has 0 radical (unpaired) electrons. The Balaban J connectivity index is 2.15. The van der Waals surface area contributed by atoms with Gasteiger partial charge >= 0.3 is 0 Å². The van der Waals surface area contributed by atoms with E-state index in [1.807, 2.05) is 16.5 Å². The van der Waals surface area contributed by atoms with E-state index in [1.54, 1.807) is 11.8 Å². The fourth-order valence-electron chi connectivity index (χ4n) is 2.40. The molecule has 0 aliphatic carbocycles. The van der Waals surface area contributed by atoms with Gasteiger partial charge < -0.3 is 4.90 Å². The molecule has 1 atom stereocenters. The minimum atomic E-state index is -0.00403. The van der Waals surface area contributed by atoms with Gasteiger partial charge in [-0.1, -0.05) is 11.8 Å². The molecule has 1 aromatic rings. The zero-order chi connectivity index (χ0) is 12.2. The van der Waals surface area contributed by atoms with Crippen molar-refractivity contribution in [3.05, 3.63) is 16.0 Å². The Kier molecular flexibility index (Phi) is 2.49. The molecule has 0 bridgehead atoms. The standard InChI is InChI=1S/C11H15N3OS2/c1-11(6-16)5-14-9(15)8-7(3-4-13(8)2)12-10(14)17-11/h16H,3-6H2,1-2H3. The smallest absolute Gasteiger partial charge is 0.278 e. The van der Waals surface area contributed by atoms with Crippen LogP contribution in [0.25, 0.3) is 0 Å². The minimum Gasteiger partial charge on any atom is -0.368 e. The highest BCUT2D eigenvalue weighted by molar-refractivity contribution is 8.01. The maximum atomic E-state index is 12.4. The van der Waals surface area contributed by atoms with Gasteiger partial charge in [0.05, 0.1) is 5.69 Å². The van der Waals surface area contributed by atoms with Crippen molar-refractivity contribution >= 4 is 30.1 Å². The number of hydrogen-bond acceptors (Lipinski definition) is 5. The molecule has 2 aliphatic heterocycles. The lowest BCUT2D eigenvalue weighted by atomic mass is 10.2. The van der Waals surface area contributed by atoms with Crippen molar-refractivity contribution in [1.29, 1.82) is 0 Å². The van der Waals surface area contributed by atoms with Crippen molar-refractivity contribution in [2.75, 3.05) is 24.2 Å². The lowest BCUT2D eigenvalue weighted by Crippen LogP contribution is -2.31. The van der Waals surface area contributed by atoms with E-state index in [2.05, 4.69) is 24.5 Å². The number of hydrogen-bond donors (Lipinski definition) is 1. The maximum Gasteiger partial charge on any atom is 0.278 e. The average Bonchev–Trinajstić information content (AvgIpc) is 2.81. The third-order valence-corrected chi connectivity index (χ3v) is 5.59. The molecule has 4 nitrogen and oxygen atoms in total. The van der Waals surface area contributed by atoms with Gasteiger partial charge in [-0.3, -0.25) is 9.36 Å². The van der Waals surface area contributed by atoms with Gasteiger partial charge in [0.1, 0.15) is 5.69 Å². The van der Waals surface area contributed by atoms with Gasteiger partial charge in [-0.25, -0.2) is 4.98 Å². The average molecular weight is 269 g/mol. The van der Waals surface area contributed by atoms with Crippen molar-refractivity contribution in [1.82, 2.24) is 9.55 Å². The van der Waals surface area contributed by atoms with Gasteiger partial charge in [0, 0.05) is 37.1 Å². The summed E-state index contributed by atoms with van der Waals surface area (Å²) in [7, 11) is 1.96. The van der Waals surface area contributed by atoms with Crippen LogP contribution in [0.5, 0.6) is 0 Å². The molecule has 0 spiro atoms. The predicted octanol–water partition coefficient (Wildman–Crippen LogP) is 1.03. The van der Waals surface area contributed by atoms with Gasteiger partial charge in [-0.2, -0.15) is 12.6 Å². The van der Waals surface area contributed by atoms with Gasteiger partial charge in [0.2, 0.25) is 0 Å². The number of rotatable bonds is 1. The molecular weight excluding hydrogens is 254 g/mol. The van der Waals surface area contributed by atoms with E-state index in [0.29, 0.717) is 6.54 Å². The topological polar surface area (TPSA) is 38.1 Å². The Morgan fingerprint density at radius 3 is 3.06 bits per heavy atom. The highest BCUT2D eigenvalue weighted by Gasteiger charge is 2.37. The molecule has 3 rings (SSSR count). The van der Waals surface area contributed by atoms with E-state index in [4.69, 9.17) is 0 Å². The first-order chi connectivity index (χ1) is 8.04. The summed E-state index contributed by atoms with van der Waals surface area (Å²) in [5.74, 6) is 0.751. The summed E-state index contributed by atoms with van der Waals surface area (Å²) >= 11 is 6.05. The van der Waals surface area contributed by atoms with Crippen LogP contribution in [0.2, 0.25) is 0 Å². The van der Waals surface area contributed by atoms with E-state index >= 15 is 0 Å². The summed E-state index contributed by atoms with van der Waals surface area (Å²) in [4.78, 5) is 19.1. The van der Waals surface area contributed by atoms with Crippen LogP contribution in [-0.2, 0) is 13.0 Å². The summed E-state index contributed by atoms with van der Waals surface area (Å²) in [5.41, 5.74) is 1.86. The molecule has 6 heteroatoms. The SMILES string of the molecule is CN1CCc2nc3n(c(=O)c21)CC(C)(CS)S3. The van der Waals surface area contributed by atoms with Crippen LogP contribution in [-0.4, -0.2) is 33.6 Å². The molecule has 1 aromatic heterocycles. The Bertz CT molecular complexity index is 542. The van der Waals surface area contributed by atoms with E-state index < -0.39 is 0 Å². The second-order valence-corrected chi connectivity index (χ2v) is 6.83. The second-order valence-electron chi connectivity index (χ2n) is 4.96. The highest BCUT2D eigenvalue weighted by atomic mass is 32.2. The number of thioether (sulfide) groups is 1. The Morgan fingerprint density at radius 2 is 2.35 bits per heavy atom. The Hall–Kier alpha value is -0.620. The first kappa shape index (κ1) is 11.5. The monoisotopic (exact) mass is 269 g/mol. The first-order valence-electron chi connectivity index (χ1n) is 5.69. The minimum absolute atomic E-state index is 0.00403. The summed E-state index contributed by atoms with van der Waals surface area (Å²) in [6, 6.07) is 0. The van der Waals surface area contributed by atoms with Gasteiger partial charge in [0.25, 0.3) is 5.56 Å². The summed E-state index contributed by atoms with van der Waals surface area (Å²) in [5, 5.41) is 0.862. The number of anilines is 1. The van der Waals surface area contributed by atoms with Crippen LogP contribution in [0.4, 0.5) is 5.69 Å². The molecule has 0 aromatic carbocycles. The van der Waals surface area contributed by atoms with E-state index in [9.17, 15) is 4.79 Å². The predicted molar refractivity (Wildman–Crippen MR) is 73.6 cm³/mol. The van der Waals surface area contributed by atoms with Crippen molar-refractivity contribution in [3.63, 3.8) is 0 Å². The van der Waals surface area contributed by atoms with Crippen LogP contribution in [0.3, 0.4) is 0 Å². The highest BCUT2D eigenvalue weighted by Crippen LogP contribution is 2.40. The van der Waals surface area contributed by atoms with Crippen LogP contribution in [0, 0.1) is 0 Å². The number of likely N-dealkylation sites (N-methyl/N-ethyl adjacent to an activating group) is 1. The molecule has 3 heterocycles. The van der Waals surface area contributed by atoms with E-state index in [1.165, 1.54) is 0 Å². The van der Waals surface area contributed by atoms with Crippen LogP contribution < -0.4 is 10.5 Å². The quantitative estimate of drug-likeness (QED) is 0.610. The maximum absolute atomic E-state index is 12.4. The third-order valence-electron chi connectivity index (χ3n) is 3.41. The molecule has 0 amide bonds. The molecule has 0 saturated carbocycles. The van der Waals surface area contributed by atoms with Crippen molar-refractivity contribution in [3.8, 4) is 0 Å². The zero-order valence-electron chi connectivity index (χ0n) is 9.93. The summed E-state index contributed by atoms with van der Waals surface area (Å²) in [6.07, 6.45) is 0.882. The largest absolute Gasteiger partial charge is 0.368 e. The molecule has 17 heavy (non-hydrogen) atoms. The van der Waals surface area contributed by atoms with Gasteiger partial charge in [0.15, 0.2) is 5.16 Å². The molecule has 92 valence electrons. The van der Waals surface area contributed by atoms with Crippen molar-refractivity contribution in [2.24, 2.45) is 0 Å². The van der Waals surface area contributed by atoms with Crippen LogP contribution in [0.1, 0.15) is 12.6 Å². The molecule has 1 unspecified atom stereocenters. The zero-order valence-corrected chi connectivity index (χ0v) is 11.6. The van der Waals surface area contributed by atoms with Gasteiger partial charge in [-0.05, 0) is 6.92 Å². The number of nitrogens with zero attached hydrogens (tertiary/aromatic N) is 3. The molecule has 0 saturated heterocycles. The second kappa shape index (κ2) is 3.68. The number of fused-ring (bicyclic) bond motifs is 2. The lowest BCUT2D eigenvalue weighted by molar-refractivity contribution is 0.546. The third kappa shape index (κ3) is 1.61. The number of aromatic nitrogens is 2. The molecule has 0 fully saturated rings. The van der Waals surface area contributed by atoms with Crippen molar-refractivity contribution < 1.29 is 0 Å². The fourth-order valence-corrected chi connectivity index (χ4v) is 3.80. The van der Waals surface area contributed by atoms with Crippen LogP contribution >= 0.6 is 24.4 Å². The molecule has 2 aliphatic rings. The first-order valence-corrected chi connectivity index (χ1v) is 7.14. The lowest BCUT2D eigenvalue weighted by Gasteiger charge is -2.17. The molecular formula is C11H15N3OS2. The van der Waals surface area contributed by atoms with Crippen LogP contribution in [0.15, 0.2) is 9.95 Å². The van der Waals surface area contributed by atoms with Gasteiger partial charge in [-0.15, -0.1) is 0 Å². The summed E-state index contributed by atoms with van der Waals surface area (Å²) in [6.45, 7) is 3.74. The normalized spacial score (nSPS) is 26.2. The Labute approximate surface area is 110 Å². The van der Waals surface area contributed by atoms with Crippen molar-refractivity contribution in [2.45, 2.75) is 29.8 Å². The summed E-state index contributed by atoms with van der Waals surface area (Å²) < 4.78 is 1.80. The fraction of sp³-hybridized carbons (Fsp3) is 0.636. The molecule has 0 N–H and O–H groups in total. The number of thiol groups is 1. The Morgan fingerprint density at radius 1 is 1.59 bits per heavy atom. The van der Waals surface area contributed by atoms with E-state index in [0.717, 1.165) is 35.3 Å². The van der Waals surface area contributed by atoms with E-state index in [-0.39, 0.29) is 10.3 Å².